The first-order valence-corrected chi connectivity index (χ1v) is 9.11. The van der Waals surface area contributed by atoms with Crippen molar-refractivity contribution in [3.05, 3.63) is 29.3 Å². The highest BCUT2D eigenvalue weighted by molar-refractivity contribution is 7.18. The van der Waals surface area contributed by atoms with Crippen molar-refractivity contribution >= 4 is 21.6 Å². The van der Waals surface area contributed by atoms with Gasteiger partial charge in [0.05, 0.1) is 15.2 Å². The van der Waals surface area contributed by atoms with Gasteiger partial charge in [-0.05, 0) is 36.9 Å². The highest BCUT2D eigenvalue weighted by Gasteiger charge is 2.35. The molecule has 21 heavy (non-hydrogen) atoms. The Morgan fingerprint density at radius 3 is 2.71 bits per heavy atom. The highest BCUT2D eigenvalue weighted by atomic mass is 32.1. The normalized spacial score (nSPS) is 19.7. The number of hydrogen-bond donors (Lipinski definition) is 1. The first-order chi connectivity index (χ1) is 10.2. The molecule has 1 unspecified atom stereocenters. The third kappa shape index (κ3) is 3.29. The van der Waals surface area contributed by atoms with E-state index in [9.17, 15) is 0 Å². The van der Waals surface area contributed by atoms with Crippen LogP contribution >= 0.6 is 11.3 Å². The van der Waals surface area contributed by atoms with Crippen LogP contribution in [0.25, 0.3) is 10.2 Å². The minimum absolute atomic E-state index is 0.437. The van der Waals surface area contributed by atoms with Crippen LogP contribution < -0.4 is 5.32 Å². The maximum absolute atomic E-state index is 4.84. The molecule has 1 aromatic carbocycles. The average Bonchev–Trinajstić information content (AvgIpc) is 2.90. The fraction of sp³-hybridized carbons (Fsp3) is 0.611. The first kappa shape index (κ1) is 15.0. The quantitative estimate of drug-likeness (QED) is 0.859. The molecule has 2 aromatic rings. The summed E-state index contributed by atoms with van der Waals surface area (Å²) in [5, 5.41) is 5.04. The van der Waals surface area contributed by atoms with Gasteiger partial charge in [-0.3, -0.25) is 0 Å². The molecular formula is C18H26N2S. The Bertz CT molecular complexity index is 551. The fourth-order valence-corrected chi connectivity index (χ4v) is 4.71. The van der Waals surface area contributed by atoms with Gasteiger partial charge in [-0.2, -0.15) is 0 Å². The number of aromatic nitrogens is 1. The van der Waals surface area contributed by atoms with Crippen LogP contribution in [0.3, 0.4) is 0 Å². The van der Waals surface area contributed by atoms with Crippen molar-refractivity contribution in [3.63, 3.8) is 0 Å². The van der Waals surface area contributed by atoms with Gasteiger partial charge in [0, 0.05) is 12.5 Å². The van der Waals surface area contributed by atoms with Crippen LogP contribution in [0.2, 0.25) is 0 Å². The molecule has 0 saturated heterocycles. The Kier molecular flexibility index (Phi) is 4.60. The Labute approximate surface area is 132 Å². The Morgan fingerprint density at radius 1 is 1.24 bits per heavy atom. The van der Waals surface area contributed by atoms with Gasteiger partial charge in [-0.25, -0.2) is 4.98 Å². The number of para-hydroxylation sites is 1. The topological polar surface area (TPSA) is 24.9 Å². The Balaban J connectivity index is 1.80. The summed E-state index contributed by atoms with van der Waals surface area (Å²) in [5.74, 6) is 0. The van der Waals surface area contributed by atoms with E-state index in [0.717, 1.165) is 18.5 Å². The summed E-state index contributed by atoms with van der Waals surface area (Å²) < 4.78 is 1.32. The molecule has 1 aliphatic carbocycles. The number of likely N-dealkylation sites (N-methyl/N-ethyl adjacent to an activating group) is 1. The summed E-state index contributed by atoms with van der Waals surface area (Å²) in [5.41, 5.74) is 1.59. The van der Waals surface area contributed by atoms with Crippen molar-refractivity contribution in [2.75, 3.05) is 6.54 Å². The zero-order valence-corrected chi connectivity index (χ0v) is 14.0. The number of rotatable bonds is 5. The monoisotopic (exact) mass is 302 g/mol. The average molecular weight is 302 g/mol. The van der Waals surface area contributed by atoms with E-state index in [4.69, 9.17) is 4.98 Å². The van der Waals surface area contributed by atoms with E-state index in [1.807, 2.05) is 11.3 Å². The van der Waals surface area contributed by atoms with Gasteiger partial charge in [0.15, 0.2) is 0 Å². The fourth-order valence-electron chi connectivity index (χ4n) is 3.70. The number of hydrogen-bond acceptors (Lipinski definition) is 3. The second kappa shape index (κ2) is 6.45. The smallest absolute Gasteiger partial charge is 0.0954 e. The van der Waals surface area contributed by atoms with Crippen LogP contribution in [0.1, 0.15) is 51.0 Å². The van der Waals surface area contributed by atoms with E-state index in [1.54, 1.807) is 0 Å². The Hall–Kier alpha value is -0.930. The van der Waals surface area contributed by atoms with Crippen molar-refractivity contribution in [3.8, 4) is 0 Å². The predicted octanol–water partition coefficient (Wildman–Crippen LogP) is 4.79. The van der Waals surface area contributed by atoms with Crippen LogP contribution in [0, 0.1) is 5.41 Å². The third-order valence-electron chi connectivity index (χ3n) is 5.00. The van der Waals surface area contributed by atoms with Crippen molar-refractivity contribution in [2.24, 2.45) is 5.41 Å². The number of nitrogens with zero attached hydrogens (tertiary/aromatic N) is 1. The molecule has 114 valence electrons. The summed E-state index contributed by atoms with van der Waals surface area (Å²) in [6, 6.07) is 9.05. The van der Waals surface area contributed by atoms with Crippen molar-refractivity contribution in [1.29, 1.82) is 0 Å². The number of fused-ring (bicyclic) bond motifs is 1. The van der Waals surface area contributed by atoms with Crippen molar-refractivity contribution < 1.29 is 0 Å². The molecule has 1 N–H and O–H groups in total. The van der Waals surface area contributed by atoms with Gasteiger partial charge in [0.2, 0.25) is 0 Å². The minimum atomic E-state index is 0.437. The van der Waals surface area contributed by atoms with E-state index in [1.165, 1.54) is 41.8 Å². The molecule has 0 spiro atoms. The van der Waals surface area contributed by atoms with Crippen molar-refractivity contribution in [1.82, 2.24) is 10.3 Å². The zero-order valence-electron chi connectivity index (χ0n) is 13.2. The van der Waals surface area contributed by atoms with Crippen LogP contribution in [-0.2, 0) is 6.42 Å². The van der Waals surface area contributed by atoms with Gasteiger partial charge in [0.1, 0.15) is 0 Å². The standard InChI is InChI=1S/C18H26N2S/c1-3-19-16(18(2)11-7-4-8-12-18)13-17-20-14-9-5-6-10-15(14)21-17/h5-6,9-10,16,19H,3-4,7-8,11-13H2,1-2H3. The molecule has 1 fully saturated rings. The third-order valence-corrected chi connectivity index (χ3v) is 6.06. The maximum Gasteiger partial charge on any atom is 0.0954 e. The van der Waals surface area contributed by atoms with Gasteiger partial charge in [-0.15, -0.1) is 11.3 Å². The minimum Gasteiger partial charge on any atom is -0.313 e. The molecule has 0 bridgehead atoms. The molecule has 0 amide bonds. The summed E-state index contributed by atoms with van der Waals surface area (Å²) in [6.45, 7) is 5.75. The predicted molar refractivity (Wildman–Crippen MR) is 92.0 cm³/mol. The van der Waals surface area contributed by atoms with Gasteiger partial charge in [-0.1, -0.05) is 45.2 Å². The van der Waals surface area contributed by atoms with Gasteiger partial charge < -0.3 is 5.32 Å². The molecule has 1 atom stereocenters. The first-order valence-electron chi connectivity index (χ1n) is 8.29. The number of nitrogens with one attached hydrogen (secondary N) is 1. The summed E-state index contributed by atoms with van der Waals surface area (Å²) in [6.07, 6.45) is 7.97. The second-order valence-electron chi connectivity index (χ2n) is 6.60. The lowest BCUT2D eigenvalue weighted by Gasteiger charge is -2.41. The number of thiazole rings is 1. The lowest BCUT2D eigenvalue weighted by atomic mass is 9.69. The molecule has 3 rings (SSSR count). The molecule has 0 radical (unpaired) electrons. The van der Waals surface area contributed by atoms with Crippen LogP contribution in [0.15, 0.2) is 24.3 Å². The van der Waals surface area contributed by atoms with Gasteiger partial charge >= 0.3 is 0 Å². The number of benzene rings is 1. The highest BCUT2D eigenvalue weighted by Crippen LogP contribution is 2.40. The molecular weight excluding hydrogens is 276 g/mol. The summed E-state index contributed by atoms with van der Waals surface area (Å²) in [4.78, 5) is 4.84. The molecule has 1 heterocycles. The molecule has 1 saturated carbocycles. The van der Waals surface area contributed by atoms with Crippen LogP contribution in [0.5, 0.6) is 0 Å². The zero-order chi connectivity index (χ0) is 14.7. The molecule has 0 aliphatic heterocycles. The second-order valence-corrected chi connectivity index (χ2v) is 7.72. The van der Waals surface area contributed by atoms with E-state index in [2.05, 4.69) is 43.4 Å². The maximum atomic E-state index is 4.84. The molecule has 2 nitrogen and oxygen atoms in total. The largest absolute Gasteiger partial charge is 0.313 e. The van der Waals surface area contributed by atoms with Gasteiger partial charge in [0.25, 0.3) is 0 Å². The van der Waals surface area contributed by atoms with E-state index < -0.39 is 0 Å². The SMILES string of the molecule is CCNC(Cc1nc2ccccc2s1)C1(C)CCCCC1. The molecule has 1 aliphatic rings. The molecule has 3 heteroatoms. The lowest BCUT2D eigenvalue weighted by Crippen LogP contribution is -2.46. The summed E-state index contributed by atoms with van der Waals surface area (Å²) >= 11 is 1.86. The van der Waals surface area contributed by atoms with E-state index in [0.29, 0.717) is 11.5 Å². The lowest BCUT2D eigenvalue weighted by molar-refractivity contribution is 0.145. The van der Waals surface area contributed by atoms with Crippen molar-refractivity contribution in [2.45, 2.75) is 58.4 Å². The van der Waals surface area contributed by atoms with Crippen LogP contribution in [0.4, 0.5) is 0 Å². The molecule has 1 aromatic heterocycles. The van der Waals surface area contributed by atoms with Crippen LogP contribution in [-0.4, -0.2) is 17.6 Å². The van der Waals surface area contributed by atoms with E-state index in [-0.39, 0.29) is 0 Å². The van der Waals surface area contributed by atoms with E-state index >= 15 is 0 Å². The Morgan fingerprint density at radius 2 is 2.00 bits per heavy atom. The summed E-state index contributed by atoms with van der Waals surface area (Å²) in [7, 11) is 0.